The number of carbonyl (C=O) groups excluding carboxylic acids is 1. The van der Waals surface area contributed by atoms with Crippen molar-refractivity contribution in [3.8, 4) is 0 Å². The van der Waals surface area contributed by atoms with E-state index in [1.807, 2.05) is 12.1 Å². The number of anilines is 1. The molecule has 0 atom stereocenters. The maximum Gasteiger partial charge on any atom is 0.244 e. The first-order valence-corrected chi connectivity index (χ1v) is 9.72. The zero-order chi connectivity index (χ0) is 20.2. The molecule has 7 nitrogen and oxygen atoms in total. The molecule has 29 heavy (non-hydrogen) atoms. The minimum Gasteiger partial charge on any atom is -0.378 e. The number of morpholine rings is 1. The average Bonchev–Trinajstić information content (AvgIpc) is 2.77. The molecule has 0 unspecified atom stereocenters. The molecule has 0 aliphatic carbocycles. The Balaban J connectivity index is 1.42. The Labute approximate surface area is 169 Å². The minimum atomic E-state index is -0.141. The van der Waals surface area contributed by atoms with Crippen LogP contribution in [0.5, 0.6) is 0 Å². The first kappa shape index (κ1) is 19.1. The predicted octanol–water partition coefficient (Wildman–Crippen LogP) is 1.89. The Morgan fingerprint density at radius 2 is 1.83 bits per heavy atom. The van der Waals surface area contributed by atoms with Crippen molar-refractivity contribution in [3.63, 3.8) is 0 Å². The summed E-state index contributed by atoms with van der Waals surface area (Å²) in [5.41, 5.74) is 2.76. The summed E-state index contributed by atoms with van der Waals surface area (Å²) in [6, 6.07) is 15.5. The van der Waals surface area contributed by atoms with Crippen LogP contribution < -0.4 is 10.3 Å². The normalized spacial score (nSPS) is 14.2. The van der Waals surface area contributed by atoms with Gasteiger partial charge in [-0.2, -0.15) is 5.10 Å². The number of carbonyl (C=O) groups is 1. The van der Waals surface area contributed by atoms with Crippen molar-refractivity contribution in [2.24, 2.45) is 0 Å². The molecule has 150 valence electrons. The number of hydrogen-bond donors (Lipinski definition) is 0. The lowest BCUT2D eigenvalue weighted by Crippen LogP contribution is -2.36. The molecule has 0 bridgehead atoms. The van der Waals surface area contributed by atoms with Crippen LogP contribution in [-0.4, -0.2) is 53.9 Å². The first-order chi connectivity index (χ1) is 14.1. The SMILES string of the molecule is CN(Cc1ccc(N2CCOCC2)cc1)C(=O)Cn1ncc(=O)c2ccccc21. The van der Waals surface area contributed by atoms with E-state index in [1.54, 1.807) is 28.8 Å². The molecule has 3 aromatic rings. The van der Waals surface area contributed by atoms with Gasteiger partial charge in [0.2, 0.25) is 11.3 Å². The molecule has 1 amide bonds. The third-order valence-corrected chi connectivity index (χ3v) is 5.21. The van der Waals surface area contributed by atoms with Crippen molar-refractivity contribution in [3.05, 3.63) is 70.5 Å². The monoisotopic (exact) mass is 392 g/mol. The largest absolute Gasteiger partial charge is 0.378 e. The predicted molar refractivity (Wildman–Crippen MR) is 112 cm³/mol. The highest BCUT2D eigenvalue weighted by molar-refractivity contribution is 5.81. The molecule has 7 heteroatoms. The molecule has 4 rings (SSSR count). The number of likely N-dealkylation sites (N-methyl/N-ethyl adjacent to an activating group) is 1. The lowest BCUT2D eigenvalue weighted by atomic mass is 10.1. The summed E-state index contributed by atoms with van der Waals surface area (Å²) in [4.78, 5) is 28.7. The van der Waals surface area contributed by atoms with Crippen molar-refractivity contribution in [2.45, 2.75) is 13.1 Å². The van der Waals surface area contributed by atoms with Crippen LogP contribution in [0.3, 0.4) is 0 Å². The number of hydrogen-bond acceptors (Lipinski definition) is 5. The zero-order valence-corrected chi connectivity index (χ0v) is 16.5. The van der Waals surface area contributed by atoms with E-state index in [9.17, 15) is 9.59 Å². The number of para-hydroxylation sites is 1. The molecular formula is C22H24N4O3. The van der Waals surface area contributed by atoms with Crippen LogP contribution in [0, 0.1) is 0 Å². The number of fused-ring (bicyclic) bond motifs is 1. The summed E-state index contributed by atoms with van der Waals surface area (Å²) in [6.07, 6.45) is 1.26. The standard InChI is InChI=1S/C22H24N4O3/c1-24(15-17-6-8-18(9-7-17)25-10-12-29-13-11-25)22(28)16-26-20-5-3-2-4-19(20)21(27)14-23-26/h2-9,14H,10-13,15-16H2,1H3. The summed E-state index contributed by atoms with van der Waals surface area (Å²) in [5, 5.41) is 4.71. The molecule has 1 fully saturated rings. The number of amides is 1. The van der Waals surface area contributed by atoms with E-state index >= 15 is 0 Å². The van der Waals surface area contributed by atoms with Gasteiger partial charge < -0.3 is 14.5 Å². The van der Waals surface area contributed by atoms with E-state index in [0.29, 0.717) is 17.4 Å². The molecule has 0 saturated carbocycles. The zero-order valence-electron chi connectivity index (χ0n) is 16.5. The van der Waals surface area contributed by atoms with Gasteiger partial charge in [-0.1, -0.05) is 24.3 Å². The number of rotatable bonds is 5. The van der Waals surface area contributed by atoms with Crippen LogP contribution >= 0.6 is 0 Å². The van der Waals surface area contributed by atoms with Gasteiger partial charge >= 0.3 is 0 Å². The third kappa shape index (κ3) is 4.30. The van der Waals surface area contributed by atoms with Crippen molar-refractivity contribution in [1.29, 1.82) is 0 Å². The molecule has 2 heterocycles. The van der Waals surface area contributed by atoms with Crippen LogP contribution in [-0.2, 0) is 22.6 Å². The van der Waals surface area contributed by atoms with Crippen LogP contribution in [0.15, 0.2) is 59.5 Å². The minimum absolute atomic E-state index is 0.0662. The summed E-state index contributed by atoms with van der Waals surface area (Å²) in [6.45, 7) is 3.92. The average molecular weight is 392 g/mol. The molecule has 1 saturated heterocycles. The van der Waals surface area contributed by atoms with E-state index in [1.165, 1.54) is 11.9 Å². The van der Waals surface area contributed by atoms with Gasteiger partial charge in [0.1, 0.15) is 6.54 Å². The van der Waals surface area contributed by atoms with Crippen molar-refractivity contribution in [2.75, 3.05) is 38.3 Å². The molecule has 0 radical (unpaired) electrons. The Morgan fingerprint density at radius 3 is 2.59 bits per heavy atom. The van der Waals surface area contributed by atoms with E-state index in [4.69, 9.17) is 4.74 Å². The van der Waals surface area contributed by atoms with Crippen molar-refractivity contribution in [1.82, 2.24) is 14.7 Å². The van der Waals surface area contributed by atoms with Gasteiger partial charge in [-0.05, 0) is 29.8 Å². The fourth-order valence-electron chi connectivity index (χ4n) is 3.53. The second kappa shape index (κ2) is 8.45. The lowest BCUT2D eigenvalue weighted by molar-refractivity contribution is -0.131. The summed E-state index contributed by atoms with van der Waals surface area (Å²) in [7, 11) is 1.78. The molecular weight excluding hydrogens is 368 g/mol. The third-order valence-electron chi connectivity index (χ3n) is 5.21. The van der Waals surface area contributed by atoms with Gasteiger partial charge in [0, 0.05) is 37.8 Å². The molecule has 1 aliphatic heterocycles. The van der Waals surface area contributed by atoms with E-state index in [0.717, 1.165) is 31.9 Å². The maximum absolute atomic E-state index is 12.7. The Hall–Kier alpha value is -3.19. The highest BCUT2D eigenvalue weighted by Gasteiger charge is 2.14. The van der Waals surface area contributed by atoms with Gasteiger partial charge in [-0.3, -0.25) is 14.3 Å². The van der Waals surface area contributed by atoms with Crippen LogP contribution in [0.2, 0.25) is 0 Å². The molecule has 0 N–H and O–H groups in total. The van der Waals surface area contributed by atoms with Crippen LogP contribution in [0.25, 0.3) is 10.9 Å². The maximum atomic E-state index is 12.7. The summed E-state index contributed by atoms with van der Waals surface area (Å²) in [5.74, 6) is -0.0662. The van der Waals surface area contributed by atoms with Crippen LogP contribution in [0.4, 0.5) is 5.69 Å². The van der Waals surface area contributed by atoms with Crippen LogP contribution in [0.1, 0.15) is 5.56 Å². The second-order valence-corrected chi connectivity index (χ2v) is 7.20. The van der Waals surface area contributed by atoms with Gasteiger partial charge in [0.05, 0.1) is 24.9 Å². The van der Waals surface area contributed by atoms with Crippen molar-refractivity contribution < 1.29 is 9.53 Å². The quantitative estimate of drug-likeness (QED) is 0.663. The fraction of sp³-hybridized carbons (Fsp3) is 0.318. The van der Waals surface area contributed by atoms with Crippen molar-refractivity contribution >= 4 is 22.5 Å². The Kier molecular flexibility index (Phi) is 5.57. The second-order valence-electron chi connectivity index (χ2n) is 7.20. The van der Waals surface area contributed by atoms with E-state index in [-0.39, 0.29) is 17.9 Å². The molecule has 1 aromatic heterocycles. The number of nitrogens with zero attached hydrogens (tertiary/aromatic N) is 4. The lowest BCUT2D eigenvalue weighted by Gasteiger charge is -2.29. The fourth-order valence-corrected chi connectivity index (χ4v) is 3.53. The highest BCUT2D eigenvalue weighted by atomic mass is 16.5. The number of benzene rings is 2. The molecule has 2 aromatic carbocycles. The Morgan fingerprint density at radius 1 is 1.10 bits per heavy atom. The summed E-state index contributed by atoms with van der Waals surface area (Å²) >= 11 is 0. The number of aromatic nitrogens is 2. The Bertz CT molecular complexity index is 1060. The smallest absolute Gasteiger partial charge is 0.244 e. The van der Waals surface area contributed by atoms with Gasteiger partial charge in [0.15, 0.2) is 0 Å². The summed E-state index contributed by atoms with van der Waals surface area (Å²) < 4.78 is 6.98. The van der Waals surface area contributed by atoms with E-state index in [2.05, 4.69) is 34.3 Å². The number of ether oxygens (including phenoxy) is 1. The van der Waals surface area contributed by atoms with Gasteiger partial charge in [-0.25, -0.2) is 0 Å². The first-order valence-electron chi connectivity index (χ1n) is 9.72. The highest BCUT2D eigenvalue weighted by Crippen LogP contribution is 2.17. The van der Waals surface area contributed by atoms with Gasteiger partial charge in [0.25, 0.3) is 0 Å². The molecule has 0 spiro atoms. The molecule has 1 aliphatic rings. The van der Waals surface area contributed by atoms with Gasteiger partial charge in [-0.15, -0.1) is 0 Å². The van der Waals surface area contributed by atoms with E-state index < -0.39 is 0 Å². The topological polar surface area (TPSA) is 67.7 Å².